The molecule has 0 aliphatic heterocycles. The van der Waals surface area contributed by atoms with Crippen LogP contribution in [-0.4, -0.2) is 32.6 Å². The quantitative estimate of drug-likeness (QED) is 0.824. The first-order valence-corrected chi connectivity index (χ1v) is 7.91. The van der Waals surface area contributed by atoms with Crippen molar-refractivity contribution in [3.63, 3.8) is 0 Å². The number of rotatable bonds is 6. The normalized spacial score (nSPS) is 17.5. The Balaban J connectivity index is 1.68. The first kappa shape index (κ1) is 14.3. The molecule has 112 valence electrons. The van der Waals surface area contributed by atoms with Crippen molar-refractivity contribution in [2.24, 2.45) is 5.73 Å². The highest BCUT2D eigenvalue weighted by Crippen LogP contribution is 2.38. The van der Waals surface area contributed by atoms with E-state index in [1.807, 2.05) is 28.9 Å². The summed E-state index contributed by atoms with van der Waals surface area (Å²) in [6, 6.07) is 8.27. The van der Waals surface area contributed by atoms with Gasteiger partial charge in [-0.25, -0.2) is 4.68 Å². The molecule has 1 aromatic carbocycles. The summed E-state index contributed by atoms with van der Waals surface area (Å²) in [4.78, 5) is 0. The zero-order valence-electron chi connectivity index (χ0n) is 12.1. The van der Waals surface area contributed by atoms with E-state index in [2.05, 4.69) is 22.4 Å². The molecule has 1 fully saturated rings. The van der Waals surface area contributed by atoms with E-state index in [0.717, 1.165) is 29.3 Å². The molecule has 2 atom stereocenters. The molecule has 1 heterocycles. The van der Waals surface area contributed by atoms with E-state index in [-0.39, 0.29) is 11.3 Å². The van der Waals surface area contributed by atoms with Crippen molar-refractivity contribution in [2.75, 3.05) is 7.11 Å². The lowest BCUT2D eigenvalue weighted by atomic mass is 10.1. The fourth-order valence-electron chi connectivity index (χ4n) is 2.15. The number of nitrogens with zero attached hydrogens (tertiary/aromatic N) is 4. The Labute approximate surface area is 128 Å². The molecule has 3 rings (SSSR count). The Morgan fingerprint density at radius 2 is 2.05 bits per heavy atom. The van der Waals surface area contributed by atoms with Gasteiger partial charge in [0.05, 0.1) is 13.2 Å². The molecule has 7 heteroatoms. The van der Waals surface area contributed by atoms with Crippen LogP contribution in [0.25, 0.3) is 0 Å². The van der Waals surface area contributed by atoms with Crippen molar-refractivity contribution >= 4 is 11.8 Å². The molecule has 21 heavy (non-hydrogen) atoms. The monoisotopic (exact) mass is 305 g/mol. The molecule has 1 aliphatic carbocycles. The summed E-state index contributed by atoms with van der Waals surface area (Å²) < 4.78 is 7.09. The smallest absolute Gasteiger partial charge is 0.209 e. The number of methoxy groups -OCH3 is 1. The molecule has 0 bridgehead atoms. The SMILES string of the molecule is COc1ccc(C(N)C(C)Sc2nnnn2C2CC2)cc1. The first-order chi connectivity index (χ1) is 10.2. The van der Waals surface area contributed by atoms with Crippen molar-refractivity contribution in [2.45, 2.75) is 42.3 Å². The van der Waals surface area contributed by atoms with Crippen molar-refractivity contribution in [1.82, 2.24) is 20.2 Å². The van der Waals surface area contributed by atoms with Crippen LogP contribution in [0.2, 0.25) is 0 Å². The maximum absolute atomic E-state index is 6.35. The van der Waals surface area contributed by atoms with Crippen LogP contribution >= 0.6 is 11.8 Å². The van der Waals surface area contributed by atoms with Gasteiger partial charge < -0.3 is 10.5 Å². The number of hydrogen-bond acceptors (Lipinski definition) is 6. The van der Waals surface area contributed by atoms with Crippen LogP contribution < -0.4 is 10.5 Å². The molecule has 1 aromatic heterocycles. The average Bonchev–Trinajstić information content (AvgIpc) is 3.26. The maximum Gasteiger partial charge on any atom is 0.209 e. The summed E-state index contributed by atoms with van der Waals surface area (Å²) in [5.41, 5.74) is 7.43. The van der Waals surface area contributed by atoms with E-state index in [4.69, 9.17) is 10.5 Å². The topological polar surface area (TPSA) is 78.8 Å². The number of tetrazole rings is 1. The van der Waals surface area contributed by atoms with Gasteiger partial charge in [0.15, 0.2) is 0 Å². The van der Waals surface area contributed by atoms with Gasteiger partial charge in [-0.15, -0.1) is 5.10 Å². The number of benzene rings is 1. The summed E-state index contributed by atoms with van der Waals surface area (Å²) in [6.07, 6.45) is 2.33. The fourth-order valence-corrected chi connectivity index (χ4v) is 3.16. The molecular weight excluding hydrogens is 286 g/mol. The van der Waals surface area contributed by atoms with E-state index < -0.39 is 0 Å². The van der Waals surface area contributed by atoms with Crippen LogP contribution in [0.15, 0.2) is 29.4 Å². The Morgan fingerprint density at radius 3 is 2.67 bits per heavy atom. The van der Waals surface area contributed by atoms with E-state index in [9.17, 15) is 0 Å². The van der Waals surface area contributed by atoms with Gasteiger partial charge in [0.25, 0.3) is 0 Å². The Morgan fingerprint density at radius 1 is 1.33 bits per heavy atom. The second-order valence-corrected chi connectivity index (χ2v) is 6.60. The molecule has 2 unspecified atom stereocenters. The minimum atomic E-state index is -0.0785. The van der Waals surface area contributed by atoms with E-state index >= 15 is 0 Å². The molecule has 0 saturated heterocycles. The summed E-state index contributed by atoms with van der Waals surface area (Å²) in [5, 5.41) is 13.0. The summed E-state index contributed by atoms with van der Waals surface area (Å²) in [6.45, 7) is 2.10. The van der Waals surface area contributed by atoms with Gasteiger partial charge in [-0.2, -0.15) is 0 Å². The fraction of sp³-hybridized carbons (Fsp3) is 0.500. The predicted octanol–water partition coefficient (Wildman–Crippen LogP) is 2.20. The van der Waals surface area contributed by atoms with E-state index in [1.54, 1.807) is 18.9 Å². The van der Waals surface area contributed by atoms with E-state index in [0.29, 0.717) is 6.04 Å². The van der Waals surface area contributed by atoms with Gasteiger partial charge in [-0.1, -0.05) is 30.8 Å². The minimum Gasteiger partial charge on any atom is -0.497 e. The van der Waals surface area contributed by atoms with Gasteiger partial charge in [0.2, 0.25) is 5.16 Å². The first-order valence-electron chi connectivity index (χ1n) is 7.03. The number of nitrogens with two attached hydrogens (primary N) is 1. The van der Waals surface area contributed by atoms with Gasteiger partial charge >= 0.3 is 0 Å². The van der Waals surface area contributed by atoms with Crippen LogP contribution in [0, 0.1) is 0 Å². The highest BCUT2D eigenvalue weighted by Gasteiger charge is 2.29. The standard InChI is InChI=1S/C14H19N5OS/c1-9(13(15)10-3-7-12(20-2)8-4-10)21-14-16-17-18-19(14)11-5-6-11/h3-4,7-9,11,13H,5-6,15H2,1-2H3. The average molecular weight is 305 g/mol. The molecule has 0 amide bonds. The van der Waals surface area contributed by atoms with Crippen LogP contribution in [0.4, 0.5) is 0 Å². The van der Waals surface area contributed by atoms with Gasteiger partial charge in [-0.3, -0.25) is 0 Å². The van der Waals surface area contributed by atoms with E-state index in [1.165, 1.54) is 0 Å². The number of aromatic nitrogens is 4. The highest BCUT2D eigenvalue weighted by molar-refractivity contribution is 7.99. The molecule has 2 aromatic rings. The molecule has 2 N–H and O–H groups in total. The number of hydrogen-bond donors (Lipinski definition) is 1. The molecule has 1 aliphatic rings. The minimum absolute atomic E-state index is 0.0785. The molecule has 0 radical (unpaired) electrons. The van der Waals surface area contributed by atoms with Crippen molar-refractivity contribution < 1.29 is 4.74 Å². The van der Waals surface area contributed by atoms with Gasteiger partial charge in [-0.05, 0) is 41.0 Å². The Hall–Kier alpha value is -1.60. The predicted molar refractivity (Wildman–Crippen MR) is 81.3 cm³/mol. The summed E-state index contributed by atoms with van der Waals surface area (Å²) in [7, 11) is 1.66. The largest absolute Gasteiger partial charge is 0.497 e. The third kappa shape index (κ3) is 3.19. The van der Waals surface area contributed by atoms with Crippen LogP contribution in [0.1, 0.15) is 37.4 Å². The van der Waals surface area contributed by atoms with Gasteiger partial charge in [0, 0.05) is 11.3 Å². The van der Waals surface area contributed by atoms with Crippen LogP contribution in [0.3, 0.4) is 0 Å². The second kappa shape index (κ2) is 6.03. The van der Waals surface area contributed by atoms with Crippen molar-refractivity contribution in [3.8, 4) is 5.75 Å². The third-order valence-electron chi connectivity index (χ3n) is 3.65. The Bertz CT molecular complexity index is 596. The lowest BCUT2D eigenvalue weighted by Gasteiger charge is -2.19. The molecule has 1 saturated carbocycles. The maximum atomic E-state index is 6.35. The lowest BCUT2D eigenvalue weighted by Crippen LogP contribution is -2.21. The second-order valence-electron chi connectivity index (χ2n) is 5.26. The third-order valence-corrected chi connectivity index (χ3v) is 4.80. The number of thioether (sulfide) groups is 1. The van der Waals surface area contributed by atoms with Crippen LogP contribution in [0.5, 0.6) is 5.75 Å². The summed E-state index contributed by atoms with van der Waals surface area (Å²) in [5.74, 6) is 0.837. The van der Waals surface area contributed by atoms with Crippen molar-refractivity contribution in [1.29, 1.82) is 0 Å². The lowest BCUT2D eigenvalue weighted by molar-refractivity contribution is 0.414. The number of ether oxygens (including phenoxy) is 1. The van der Waals surface area contributed by atoms with Crippen LogP contribution in [-0.2, 0) is 0 Å². The Kier molecular flexibility index (Phi) is 4.12. The molecule has 0 spiro atoms. The molecular formula is C14H19N5OS. The van der Waals surface area contributed by atoms with Gasteiger partial charge in [0.1, 0.15) is 5.75 Å². The molecule has 6 nitrogen and oxygen atoms in total. The highest BCUT2D eigenvalue weighted by atomic mass is 32.2. The van der Waals surface area contributed by atoms with Crippen molar-refractivity contribution in [3.05, 3.63) is 29.8 Å². The summed E-state index contributed by atoms with van der Waals surface area (Å²) >= 11 is 1.63. The zero-order valence-corrected chi connectivity index (χ0v) is 13.0. The zero-order chi connectivity index (χ0) is 14.8.